The van der Waals surface area contributed by atoms with Crippen molar-refractivity contribution in [2.75, 3.05) is 0 Å². The van der Waals surface area contributed by atoms with Gasteiger partial charge in [0.25, 0.3) is 0 Å². The van der Waals surface area contributed by atoms with Gasteiger partial charge in [-0.25, -0.2) is 0 Å². The van der Waals surface area contributed by atoms with Gasteiger partial charge in [0.2, 0.25) is 0 Å². The van der Waals surface area contributed by atoms with E-state index in [1.165, 1.54) is 19.1 Å². The van der Waals surface area contributed by atoms with Gasteiger partial charge >= 0.3 is 21.6 Å². The van der Waals surface area contributed by atoms with Crippen molar-refractivity contribution in [3.8, 4) is 5.75 Å². The van der Waals surface area contributed by atoms with Crippen LogP contribution in [0, 0.1) is 11.8 Å². The summed E-state index contributed by atoms with van der Waals surface area (Å²) >= 11 is 0. The third-order valence-corrected chi connectivity index (χ3v) is 5.94. The van der Waals surface area contributed by atoms with Crippen molar-refractivity contribution in [1.82, 2.24) is 0 Å². The van der Waals surface area contributed by atoms with Crippen LogP contribution in [0.1, 0.15) is 45.8 Å². The number of alkyl halides is 3. The molecule has 2 rings (SSSR count). The zero-order valence-corrected chi connectivity index (χ0v) is 16.7. The fourth-order valence-electron chi connectivity index (χ4n) is 3.29. The first-order chi connectivity index (χ1) is 12.9. The Morgan fingerprint density at radius 3 is 2.18 bits per heavy atom. The molecule has 1 heterocycles. The molecule has 0 aliphatic carbocycles. The molecule has 0 amide bonds. The van der Waals surface area contributed by atoms with Gasteiger partial charge < -0.3 is 13.7 Å². The van der Waals surface area contributed by atoms with Crippen LogP contribution in [0.3, 0.4) is 0 Å². The molecule has 0 unspecified atom stereocenters. The van der Waals surface area contributed by atoms with Crippen molar-refractivity contribution in [3.63, 3.8) is 0 Å². The first-order valence-corrected chi connectivity index (χ1v) is 10.2. The lowest BCUT2D eigenvalue weighted by molar-refractivity contribution is -0.196. The lowest BCUT2D eigenvalue weighted by Crippen LogP contribution is -2.46. The molecule has 0 radical (unpaired) electrons. The summed E-state index contributed by atoms with van der Waals surface area (Å²) in [6.45, 7) is 7.21. The van der Waals surface area contributed by atoms with Crippen LogP contribution >= 0.6 is 0 Å². The Morgan fingerprint density at radius 2 is 1.71 bits per heavy atom. The van der Waals surface area contributed by atoms with Gasteiger partial charge in [-0.1, -0.05) is 32.9 Å². The largest absolute Gasteiger partial charge is 0.534 e. The summed E-state index contributed by atoms with van der Waals surface area (Å²) in [4.78, 5) is 11.5. The van der Waals surface area contributed by atoms with Gasteiger partial charge in [0.1, 0.15) is 18.0 Å². The number of esters is 1. The molecule has 0 bridgehead atoms. The summed E-state index contributed by atoms with van der Waals surface area (Å²) in [5.41, 5.74) is -4.97. The highest BCUT2D eigenvalue weighted by Crippen LogP contribution is 2.41. The predicted molar refractivity (Wildman–Crippen MR) is 93.8 cm³/mol. The van der Waals surface area contributed by atoms with E-state index in [2.05, 4.69) is 4.18 Å². The molecule has 28 heavy (non-hydrogen) atoms. The van der Waals surface area contributed by atoms with Crippen molar-refractivity contribution in [2.45, 2.75) is 57.9 Å². The van der Waals surface area contributed by atoms with E-state index in [9.17, 15) is 26.4 Å². The van der Waals surface area contributed by atoms with Crippen LogP contribution < -0.4 is 4.18 Å². The van der Waals surface area contributed by atoms with Gasteiger partial charge in [-0.05, 0) is 30.0 Å². The Kier molecular flexibility index (Phi) is 6.65. The topological polar surface area (TPSA) is 78.9 Å². The van der Waals surface area contributed by atoms with Gasteiger partial charge in [-0.15, -0.1) is 0 Å². The van der Waals surface area contributed by atoms with Gasteiger partial charge in [-0.2, -0.15) is 21.6 Å². The Hall–Kier alpha value is -1.81. The first kappa shape index (κ1) is 22.5. The van der Waals surface area contributed by atoms with E-state index >= 15 is 0 Å². The number of ether oxygens (including phenoxy) is 2. The smallest absolute Gasteiger partial charge is 0.459 e. The van der Waals surface area contributed by atoms with E-state index in [0.29, 0.717) is 5.56 Å². The van der Waals surface area contributed by atoms with Crippen molar-refractivity contribution >= 4 is 16.1 Å². The molecule has 10 heteroatoms. The van der Waals surface area contributed by atoms with Crippen LogP contribution in [0.15, 0.2) is 24.3 Å². The third-order valence-electron chi connectivity index (χ3n) is 4.96. The van der Waals surface area contributed by atoms with Crippen molar-refractivity contribution in [3.05, 3.63) is 29.8 Å². The molecule has 1 saturated heterocycles. The van der Waals surface area contributed by atoms with Crippen LogP contribution in [0.2, 0.25) is 0 Å². The molecular formula is C18H23F3O6S. The van der Waals surface area contributed by atoms with E-state index in [-0.39, 0.29) is 17.9 Å². The van der Waals surface area contributed by atoms with Crippen LogP contribution in [-0.4, -0.2) is 32.1 Å². The average molecular weight is 424 g/mol. The molecular weight excluding hydrogens is 401 g/mol. The minimum atomic E-state index is -5.74. The summed E-state index contributed by atoms with van der Waals surface area (Å²) in [6, 6.07) is 5.02. The molecule has 0 N–H and O–H groups in total. The number of hydrogen-bond acceptors (Lipinski definition) is 6. The lowest BCUT2D eigenvalue weighted by atomic mass is 9.79. The maximum Gasteiger partial charge on any atom is 0.534 e. The maximum atomic E-state index is 12.4. The minimum Gasteiger partial charge on any atom is -0.459 e. The zero-order chi connectivity index (χ0) is 21.3. The average Bonchev–Trinajstić information content (AvgIpc) is 2.58. The number of carbonyl (C=O) groups excluding carboxylic acids is 1. The quantitative estimate of drug-likeness (QED) is 0.404. The van der Waals surface area contributed by atoms with E-state index in [4.69, 9.17) is 9.47 Å². The second-order valence-electron chi connectivity index (χ2n) is 6.85. The molecule has 1 aromatic rings. The molecule has 1 aromatic carbocycles. The van der Waals surface area contributed by atoms with Crippen molar-refractivity contribution < 1.29 is 40.0 Å². The molecule has 6 nitrogen and oxygen atoms in total. The Labute approximate surface area is 162 Å². The molecule has 5 atom stereocenters. The van der Waals surface area contributed by atoms with Crippen LogP contribution in [0.5, 0.6) is 5.75 Å². The highest BCUT2D eigenvalue weighted by molar-refractivity contribution is 7.88. The molecule has 1 aliphatic rings. The van der Waals surface area contributed by atoms with E-state index in [1.54, 1.807) is 0 Å². The van der Waals surface area contributed by atoms with Gasteiger partial charge in [0, 0.05) is 12.8 Å². The van der Waals surface area contributed by atoms with Crippen molar-refractivity contribution in [2.24, 2.45) is 11.8 Å². The van der Waals surface area contributed by atoms with E-state index < -0.39 is 39.6 Å². The summed E-state index contributed by atoms with van der Waals surface area (Å²) in [5, 5.41) is 0. The highest BCUT2D eigenvalue weighted by atomic mass is 32.2. The summed E-state index contributed by atoms with van der Waals surface area (Å²) in [7, 11) is -5.74. The monoisotopic (exact) mass is 424 g/mol. The van der Waals surface area contributed by atoms with Crippen LogP contribution in [0.25, 0.3) is 0 Å². The first-order valence-electron chi connectivity index (χ1n) is 8.80. The zero-order valence-electron chi connectivity index (χ0n) is 15.9. The van der Waals surface area contributed by atoms with Crippen molar-refractivity contribution in [1.29, 1.82) is 0 Å². The molecule has 158 valence electrons. The fourth-order valence-corrected chi connectivity index (χ4v) is 3.75. The molecule has 0 saturated carbocycles. The van der Waals surface area contributed by atoms with Crippen LogP contribution in [0.4, 0.5) is 13.2 Å². The number of hydrogen-bond donors (Lipinski definition) is 0. The SMILES string of the molecule is CC[C@H]1O[C@H](c2ccc(OS(=O)(=O)C(F)(F)F)cc2)[C@@H](OC(C)=O)[C@@H](C)[C@@H]1C. The third kappa shape index (κ3) is 4.78. The van der Waals surface area contributed by atoms with Gasteiger partial charge in [0.15, 0.2) is 0 Å². The maximum absolute atomic E-state index is 12.4. The molecule has 0 aromatic heterocycles. The fraction of sp³-hybridized carbons (Fsp3) is 0.611. The second-order valence-corrected chi connectivity index (χ2v) is 8.39. The van der Waals surface area contributed by atoms with E-state index in [0.717, 1.165) is 18.6 Å². The summed E-state index contributed by atoms with van der Waals surface area (Å²) in [6.07, 6.45) is -0.567. The Morgan fingerprint density at radius 1 is 1.14 bits per heavy atom. The number of carbonyl (C=O) groups is 1. The highest BCUT2D eigenvalue weighted by Gasteiger charge is 2.48. The number of benzene rings is 1. The number of rotatable bonds is 5. The standard InChI is InChI=1S/C18H23F3O6S/c1-5-15-10(2)11(3)16(25-12(4)22)17(26-15)13-6-8-14(9-7-13)27-28(23,24)18(19,20)21/h6-11,15-17H,5H2,1-4H3/t10-,11-,15+,16-,17+/m0/s1. The Bertz CT molecular complexity index is 791. The molecule has 0 spiro atoms. The predicted octanol–water partition coefficient (Wildman–Crippen LogP) is 3.97. The molecule has 1 fully saturated rings. The summed E-state index contributed by atoms with van der Waals surface area (Å²) in [5.74, 6) is -0.836. The minimum absolute atomic E-state index is 0.0193. The van der Waals surface area contributed by atoms with Gasteiger partial charge in [0.05, 0.1) is 6.10 Å². The summed E-state index contributed by atoms with van der Waals surface area (Å²) < 4.78 is 75.2. The molecule has 1 aliphatic heterocycles. The normalized spacial score (nSPS) is 28.6. The lowest BCUT2D eigenvalue weighted by Gasteiger charge is -2.44. The van der Waals surface area contributed by atoms with E-state index in [1.807, 2.05) is 20.8 Å². The van der Waals surface area contributed by atoms with Crippen LogP contribution in [-0.2, 0) is 24.4 Å². The van der Waals surface area contributed by atoms with Gasteiger partial charge in [-0.3, -0.25) is 4.79 Å². The second kappa shape index (κ2) is 8.28. The Balaban J connectivity index is 2.29. The number of halogens is 3.